The van der Waals surface area contributed by atoms with E-state index in [1.807, 2.05) is 24.3 Å². The molecule has 2 nitrogen and oxygen atoms in total. The van der Waals surface area contributed by atoms with Crippen molar-refractivity contribution in [1.82, 2.24) is 0 Å². The summed E-state index contributed by atoms with van der Waals surface area (Å²) >= 11 is 0. The summed E-state index contributed by atoms with van der Waals surface area (Å²) in [5, 5.41) is 0. The van der Waals surface area contributed by atoms with Crippen molar-refractivity contribution in [3.05, 3.63) is 64.7 Å². The van der Waals surface area contributed by atoms with E-state index in [4.69, 9.17) is 4.74 Å². The summed E-state index contributed by atoms with van der Waals surface area (Å²) in [5.41, 5.74) is 4.54. The molecule has 0 atom stereocenters. The predicted octanol–water partition coefficient (Wildman–Crippen LogP) is 3.67. The van der Waals surface area contributed by atoms with Crippen LogP contribution in [0.5, 0.6) is 5.75 Å². The Hall–Kier alpha value is -2.09. The molecular formula is C18H20O2. The molecule has 0 aliphatic carbocycles. The van der Waals surface area contributed by atoms with Crippen LogP contribution in [0.15, 0.2) is 42.5 Å². The molecule has 2 heteroatoms. The molecule has 0 N–H and O–H groups in total. The number of rotatable bonds is 5. The zero-order valence-electron chi connectivity index (χ0n) is 12.3. The van der Waals surface area contributed by atoms with Crippen molar-refractivity contribution < 1.29 is 9.53 Å². The van der Waals surface area contributed by atoms with E-state index in [1.54, 1.807) is 7.11 Å². The Bertz CT molecular complexity index is 577. The lowest BCUT2D eigenvalue weighted by Gasteiger charge is -2.06. The largest absolute Gasteiger partial charge is 0.497 e. The molecule has 0 unspecified atom stereocenters. The molecule has 0 aliphatic heterocycles. The molecule has 0 radical (unpaired) electrons. The normalized spacial score (nSPS) is 10.3. The summed E-state index contributed by atoms with van der Waals surface area (Å²) in [6.07, 6.45) is 0.964. The molecule has 2 aromatic rings. The van der Waals surface area contributed by atoms with Gasteiger partial charge in [-0.3, -0.25) is 4.79 Å². The minimum atomic E-state index is 0.236. The fourth-order valence-corrected chi connectivity index (χ4v) is 2.43. The molecule has 0 amide bonds. The van der Waals surface area contributed by atoms with Gasteiger partial charge in [-0.05, 0) is 37.1 Å². The molecule has 104 valence electrons. The molecule has 0 saturated carbocycles. The Morgan fingerprint density at radius 3 is 2.00 bits per heavy atom. The molecule has 2 aromatic carbocycles. The highest BCUT2D eigenvalue weighted by Gasteiger charge is 2.06. The summed E-state index contributed by atoms with van der Waals surface area (Å²) in [4.78, 5) is 12.1. The first-order chi connectivity index (χ1) is 9.56. The maximum absolute atomic E-state index is 12.1. The molecule has 0 bridgehead atoms. The van der Waals surface area contributed by atoms with E-state index in [0.29, 0.717) is 12.8 Å². The molecule has 0 heterocycles. The monoisotopic (exact) mass is 268 g/mol. The molecular weight excluding hydrogens is 248 g/mol. The van der Waals surface area contributed by atoms with Crippen LogP contribution in [0.25, 0.3) is 0 Å². The summed E-state index contributed by atoms with van der Waals surface area (Å²) in [6.45, 7) is 4.12. The van der Waals surface area contributed by atoms with E-state index in [9.17, 15) is 4.79 Å². The Morgan fingerprint density at radius 1 is 0.900 bits per heavy atom. The highest BCUT2D eigenvalue weighted by atomic mass is 16.5. The summed E-state index contributed by atoms with van der Waals surface area (Å²) in [5.74, 6) is 1.05. The first-order valence-corrected chi connectivity index (χ1v) is 6.78. The van der Waals surface area contributed by atoms with Gasteiger partial charge in [0.2, 0.25) is 0 Å². The van der Waals surface area contributed by atoms with Gasteiger partial charge in [-0.1, -0.05) is 41.5 Å². The number of aryl methyl sites for hydroxylation is 2. The second kappa shape index (κ2) is 6.38. The van der Waals surface area contributed by atoms with Crippen LogP contribution in [0, 0.1) is 13.8 Å². The number of ether oxygens (including phenoxy) is 1. The highest BCUT2D eigenvalue weighted by molar-refractivity contribution is 5.83. The topological polar surface area (TPSA) is 26.3 Å². The first kappa shape index (κ1) is 14.3. The lowest BCUT2D eigenvalue weighted by molar-refractivity contribution is -0.117. The second-order valence-corrected chi connectivity index (χ2v) is 5.24. The smallest absolute Gasteiger partial charge is 0.141 e. The molecule has 20 heavy (non-hydrogen) atoms. The van der Waals surface area contributed by atoms with E-state index in [2.05, 4.69) is 32.0 Å². The lowest BCUT2D eigenvalue weighted by atomic mass is 10.00. The second-order valence-electron chi connectivity index (χ2n) is 5.24. The van der Waals surface area contributed by atoms with Crippen LogP contribution in [0.1, 0.15) is 22.3 Å². The number of methoxy groups -OCH3 is 1. The van der Waals surface area contributed by atoms with Crippen molar-refractivity contribution in [1.29, 1.82) is 0 Å². The molecule has 0 aliphatic rings. The van der Waals surface area contributed by atoms with Gasteiger partial charge in [-0.15, -0.1) is 0 Å². The van der Waals surface area contributed by atoms with E-state index < -0.39 is 0 Å². The van der Waals surface area contributed by atoms with Crippen LogP contribution in [-0.4, -0.2) is 12.9 Å². The van der Waals surface area contributed by atoms with Crippen molar-refractivity contribution in [2.45, 2.75) is 26.7 Å². The van der Waals surface area contributed by atoms with Crippen LogP contribution >= 0.6 is 0 Å². The van der Waals surface area contributed by atoms with E-state index in [-0.39, 0.29) is 5.78 Å². The average Bonchev–Trinajstić information content (AvgIpc) is 2.38. The van der Waals surface area contributed by atoms with Crippen molar-refractivity contribution >= 4 is 5.78 Å². The van der Waals surface area contributed by atoms with E-state index in [0.717, 1.165) is 16.9 Å². The number of hydrogen-bond donors (Lipinski definition) is 0. The summed E-state index contributed by atoms with van der Waals surface area (Å²) in [6, 6.07) is 13.9. The van der Waals surface area contributed by atoms with Gasteiger partial charge >= 0.3 is 0 Å². The zero-order valence-corrected chi connectivity index (χ0v) is 12.3. The van der Waals surface area contributed by atoms with Crippen LogP contribution in [-0.2, 0) is 17.6 Å². The van der Waals surface area contributed by atoms with Gasteiger partial charge in [0.05, 0.1) is 7.11 Å². The van der Waals surface area contributed by atoms with Crippen molar-refractivity contribution in [3.63, 3.8) is 0 Å². The number of ketones is 1. The quantitative estimate of drug-likeness (QED) is 0.827. The van der Waals surface area contributed by atoms with Crippen LogP contribution in [0.3, 0.4) is 0 Å². The van der Waals surface area contributed by atoms with Gasteiger partial charge in [0.25, 0.3) is 0 Å². The van der Waals surface area contributed by atoms with Crippen molar-refractivity contribution in [2.75, 3.05) is 7.11 Å². The molecule has 0 fully saturated rings. The number of benzene rings is 2. The molecule has 0 spiro atoms. The maximum Gasteiger partial charge on any atom is 0.141 e. The minimum Gasteiger partial charge on any atom is -0.497 e. The third kappa shape index (κ3) is 3.95. The lowest BCUT2D eigenvalue weighted by Crippen LogP contribution is -2.07. The van der Waals surface area contributed by atoms with Crippen molar-refractivity contribution in [3.8, 4) is 5.75 Å². The zero-order chi connectivity index (χ0) is 14.5. The SMILES string of the molecule is COc1ccc(CC(=O)Cc2cc(C)cc(C)c2)cc1. The Balaban J connectivity index is 2.01. The van der Waals surface area contributed by atoms with Gasteiger partial charge in [0.15, 0.2) is 0 Å². The summed E-state index contributed by atoms with van der Waals surface area (Å²) in [7, 11) is 1.64. The third-order valence-corrected chi connectivity index (χ3v) is 3.24. The van der Waals surface area contributed by atoms with E-state index >= 15 is 0 Å². The van der Waals surface area contributed by atoms with Gasteiger partial charge in [0, 0.05) is 12.8 Å². The van der Waals surface area contributed by atoms with Gasteiger partial charge in [-0.25, -0.2) is 0 Å². The maximum atomic E-state index is 12.1. The first-order valence-electron chi connectivity index (χ1n) is 6.78. The van der Waals surface area contributed by atoms with Crippen LogP contribution in [0.4, 0.5) is 0 Å². The van der Waals surface area contributed by atoms with Gasteiger partial charge < -0.3 is 4.74 Å². The fourth-order valence-electron chi connectivity index (χ4n) is 2.43. The Labute approximate surface area is 120 Å². The Kier molecular flexibility index (Phi) is 4.57. The predicted molar refractivity (Wildman–Crippen MR) is 81.3 cm³/mol. The highest BCUT2D eigenvalue weighted by Crippen LogP contribution is 2.14. The van der Waals surface area contributed by atoms with Gasteiger partial charge in [-0.2, -0.15) is 0 Å². The minimum absolute atomic E-state index is 0.236. The standard InChI is InChI=1S/C18H20O2/c1-13-8-14(2)10-16(9-13)12-17(19)11-15-4-6-18(20-3)7-5-15/h4-10H,11-12H2,1-3H3. The molecule has 0 saturated heterocycles. The number of carbonyl (C=O) groups excluding carboxylic acids is 1. The number of Topliss-reactive ketones (excluding diaryl/α,β-unsaturated/α-hetero) is 1. The summed E-state index contributed by atoms with van der Waals surface area (Å²) < 4.78 is 5.11. The fraction of sp³-hybridized carbons (Fsp3) is 0.278. The molecule has 0 aromatic heterocycles. The third-order valence-electron chi connectivity index (χ3n) is 3.24. The molecule has 2 rings (SSSR count). The van der Waals surface area contributed by atoms with Crippen LogP contribution < -0.4 is 4.74 Å². The van der Waals surface area contributed by atoms with Gasteiger partial charge in [0.1, 0.15) is 11.5 Å². The average molecular weight is 268 g/mol. The number of carbonyl (C=O) groups is 1. The van der Waals surface area contributed by atoms with Crippen LogP contribution in [0.2, 0.25) is 0 Å². The van der Waals surface area contributed by atoms with Crippen molar-refractivity contribution in [2.24, 2.45) is 0 Å². The number of hydrogen-bond acceptors (Lipinski definition) is 2. The Morgan fingerprint density at radius 2 is 1.45 bits per heavy atom. The van der Waals surface area contributed by atoms with E-state index in [1.165, 1.54) is 11.1 Å².